The van der Waals surface area contributed by atoms with Gasteiger partial charge in [0.05, 0.1) is 6.54 Å². The van der Waals surface area contributed by atoms with Crippen molar-refractivity contribution >= 4 is 23.5 Å². The molecule has 19 heavy (non-hydrogen) atoms. The lowest BCUT2D eigenvalue weighted by atomic mass is 9.98. The van der Waals surface area contributed by atoms with Crippen molar-refractivity contribution < 1.29 is 9.59 Å². The minimum atomic E-state index is -0.685. The van der Waals surface area contributed by atoms with Gasteiger partial charge in [-0.25, -0.2) is 4.79 Å². The minimum absolute atomic E-state index is 0.0510. The molecule has 1 atom stereocenters. The van der Waals surface area contributed by atoms with Crippen LogP contribution in [0.25, 0.3) is 0 Å². The number of primary amides is 1. The fraction of sp³-hybridized carbons (Fsp3) is 0.385. The van der Waals surface area contributed by atoms with Crippen molar-refractivity contribution in [2.75, 3.05) is 19.6 Å². The zero-order valence-electron chi connectivity index (χ0n) is 10.4. The average molecular weight is 282 g/mol. The monoisotopic (exact) mass is 281 g/mol. The van der Waals surface area contributed by atoms with Gasteiger partial charge in [-0.3, -0.25) is 4.79 Å². The molecule has 1 aromatic rings. The summed E-state index contributed by atoms with van der Waals surface area (Å²) >= 11 is 6.16. The van der Waals surface area contributed by atoms with Crippen molar-refractivity contribution in [2.45, 2.75) is 12.3 Å². The van der Waals surface area contributed by atoms with E-state index in [1.54, 1.807) is 4.90 Å². The summed E-state index contributed by atoms with van der Waals surface area (Å²) in [6.45, 7) is 1.25. The van der Waals surface area contributed by atoms with Crippen molar-refractivity contribution in [1.82, 2.24) is 10.2 Å². The molecule has 1 aliphatic rings. The van der Waals surface area contributed by atoms with Gasteiger partial charge in [-0.05, 0) is 18.1 Å². The molecule has 102 valence electrons. The number of carbonyl (C=O) groups is 2. The van der Waals surface area contributed by atoms with Crippen LogP contribution in [0.5, 0.6) is 0 Å². The zero-order valence-corrected chi connectivity index (χ0v) is 11.2. The molecule has 0 aliphatic carbocycles. The topological polar surface area (TPSA) is 75.4 Å². The Kier molecular flexibility index (Phi) is 4.27. The summed E-state index contributed by atoms with van der Waals surface area (Å²) in [6, 6.07) is 7.00. The van der Waals surface area contributed by atoms with Gasteiger partial charge in [0.15, 0.2) is 0 Å². The predicted molar refractivity (Wildman–Crippen MR) is 73.0 cm³/mol. The number of amides is 3. The number of hydrogen-bond donors (Lipinski definition) is 2. The maximum absolute atomic E-state index is 11.8. The highest BCUT2D eigenvalue weighted by Gasteiger charge is 2.28. The second kappa shape index (κ2) is 5.93. The van der Waals surface area contributed by atoms with Crippen molar-refractivity contribution in [2.24, 2.45) is 5.73 Å². The third kappa shape index (κ3) is 3.38. The molecule has 0 radical (unpaired) electrons. The Morgan fingerprint density at radius 3 is 2.84 bits per heavy atom. The minimum Gasteiger partial charge on any atom is -0.352 e. The highest BCUT2D eigenvalue weighted by atomic mass is 35.5. The quantitative estimate of drug-likeness (QED) is 0.877. The first kappa shape index (κ1) is 13.7. The molecule has 0 saturated carbocycles. The average Bonchev–Trinajstić information content (AvgIpc) is 2.86. The summed E-state index contributed by atoms with van der Waals surface area (Å²) in [4.78, 5) is 24.1. The van der Waals surface area contributed by atoms with E-state index in [0.717, 1.165) is 17.0 Å². The van der Waals surface area contributed by atoms with Crippen LogP contribution in [0.15, 0.2) is 24.3 Å². The number of urea groups is 1. The van der Waals surface area contributed by atoms with Crippen LogP contribution in [0.1, 0.15) is 17.9 Å². The van der Waals surface area contributed by atoms with E-state index in [9.17, 15) is 9.59 Å². The lowest BCUT2D eigenvalue weighted by Crippen LogP contribution is -2.40. The summed E-state index contributed by atoms with van der Waals surface area (Å²) in [5, 5.41) is 3.04. The van der Waals surface area contributed by atoms with Gasteiger partial charge in [-0.2, -0.15) is 0 Å². The normalized spacial score (nSPS) is 18.4. The van der Waals surface area contributed by atoms with E-state index in [4.69, 9.17) is 17.3 Å². The molecular weight excluding hydrogens is 266 g/mol. The molecule has 3 N–H and O–H groups in total. The highest BCUT2D eigenvalue weighted by molar-refractivity contribution is 6.31. The van der Waals surface area contributed by atoms with E-state index in [1.807, 2.05) is 24.3 Å². The van der Waals surface area contributed by atoms with Crippen LogP contribution in [0.3, 0.4) is 0 Å². The lowest BCUT2D eigenvalue weighted by molar-refractivity contribution is -0.129. The summed E-state index contributed by atoms with van der Waals surface area (Å²) < 4.78 is 0. The molecular formula is C13H16ClN3O2. The van der Waals surface area contributed by atoms with E-state index in [0.29, 0.717) is 13.1 Å². The van der Waals surface area contributed by atoms with Crippen molar-refractivity contribution in [3.05, 3.63) is 34.9 Å². The van der Waals surface area contributed by atoms with Crippen LogP contribution in [-0.4, -0.2) is 36.5 Å². The third-order valence-corrected chi connectivity index (χ3v) is 3.64. The molecule has 0 bridgehead atoms. The number of nitrogens with zero attached hydrogens (tertiary/aromatic N) is 1. The zero-order chi connectivity index (χ0) is 13.8. The molecule has 1 fully saturated rings. The molecule has 1 aromatic carbocycles. The molecule has 1 aliphatic heterocycles. The largest absolute Gasteiger partial charge is 0.352 e. The van der Waals surface area contributed by atoms with Crippen molar-refractivity contribution in [3.63, 3.8) is 0 Å². The standard InChI is InChI=1S/C13H16ClN3O2/c14-11-4-2-1-3-10(11)9-5-6-17(8-9)12(18)7-16-13(15)19/h1-4,9H,5-8H2,(H3,15,16,19). The number of likely N-dealkylation sites (tertiary alicyclic amines) is 1. The number of nitrogens with two attached hydrogens (primary N) is 1. The van der Waals surface area contributed by atoms with Crippen LogP contribution in [-0.2, 0) is 4.79 Å². The fourth-order valence-corrected chi connectivity index (χ4v) is 2.61. The second-order valence-corrected chi connectivity index (χ2v) is 4.97. The lowest BCUT2D eigenvalue weighted by Gasteiger charge is -2.17. The Morgan fingerprint density at radius 1 is 1.42 bits per heavy atom. The van der Waals surface area contributed by atoms with Crippen LogP contribution in [0, 0.1) is 0 Å². The van der Waals surface area contributed by atoms with E-state index >= 15 is 0 Å². The fourth-order valence-electron chi connectivity index (χ4n) is 2.32. The first-order chi connectivity index (χ1) is 9.08. The number of halogens is 1. The Morgan fingerprint density at radius 2 is 2.16 bits per heavy atom. The van der Waals surface area contributed by atoms with Gasteiger partial charge < -0.3 is 16.0 Å². The Bertz CT molecular complexity index is 493. The molecule has 1 saturated heterocycles. The van der Waals surface area contributed by atoms with E-state index in [-0.39, 0.29) is 18.4 Å². The number of rotatable bonds is 3. The van der Waals surface area contributed by atoms with Crippen molar-refractivity contribution in [3.8, 4) is 0 Å². The van der Waals surface area contributed by atoms with E-state index in [2.05, 4.69) is 5.32 Å². The second-order valence-electron chi connectivity index (χ2n) is 4.56. The van der Waals surface area contributed by atoms with Crippen LogP contribution >= 0.6 is 11.6 Å². The predicted octanol–water partition coefficient (Wildman–Crippen LogP) is 1.32. The van der Waals surface area contributed by atoms with Crippen LogP contribution in [0.4, 0.5) is 4.79 Å². The van der Waals surface area contributed by atoms with Gasteiger partial charge >= 0.3 is 6.03 Å². The molecule has 1 unspecified atom stereocenters. The van der Waals surface area contributed by atoms with E-state index in [1.165, 1.54) is 0 Å². The Balaban J connectivity index is 1.95. The van der Waals surface area contributed by atoms with Gasteiger partial charge in [-0.15, -0.1) is 0 Å². The summed E-state index contributed by atoms with van der Waals surface area (Å²) in [5.74, 6) is 0.139. The number of nitrogens with one attached hydrogen (secondary N) is 1. The molecule has 1 heterocycles. The highest BCUT2D eigenvalue weighted by Crippen LogP contribution is 2.31. The summed E-state index contributed by atoms with van der Waals surface area (Å²) in [6.07, 6.45) is 0.881. The van der Waals surface area contributed by atoms with Gasteiger partial charge in [0, 0.05) is 24.0 Å². The maximum atomic E-state index is 11.8. The Hall–Kier alpha value is -1.75. The molecule has 0 aromatic heterocycles. The SMILES string of the molecule is NC(=O)NCC(=O)N1CCC(c2ccccc2Cl)C1. The smallest absolute Gasteiger partial charge is 0.312 e. The molecule has 5 nitrogen and oxygen atoms in total. The van der Waals surface area contributed by atoms with E-state index < -0.39 is 6.03 Å². The van der Waals surface area contributed by atoms with Gasteiger partial charge in [0.2, 0.25) is 5.91 Å². The van der Waals surface area contributed by atoms with Crippen LogP contribution in [0.2, 0.25) is 5.02 Å². The molecule has 6 heteroatoms. The van der Waals surface area contributed by atoms with Crippen molar-refractivity contribution in [1.29, 1.82) is 0 Å². The third-order valence-electron chi connectivity index (χ3n) is 3.30. The van der Waals surface area contributed by atoms with Gasteiger partial charge in [0.25, 0.3) is 0 Å². The molecule has 3 amide bonds. The van der Waals surface area contributed by atoms with Gasteiger partial charge in [-0.1, -0.05) is 29.8 Å². The first-order valence-electron chi connectivity index (χ1n) is 6.13. The number of benzene rings is 1. The Labute approximate surface area is 116 Å². The summed E-state index contributed by atoms with van der Waals surface area (Å²) in [5.41, 5.74) is 6.01. The summed E-state index contributed by atoms with van der Waals surface area (Å²) in [7, 11) is 0. The molecule has 2 rings (SSSR count). The molecule has 0 spiro atoms. The maximum Gasteiger partial charge on any atom is 0.312 e. The number of hydrogen-bond acceptors (Lipinski definition) is 2. The number of carbonyl (C=O) groups excluding carboxylic acids is 2. The van der Waals surface area contributed by atoms with Crippen LogP contribution < -0.4 is 11.1 Å². The first-order valence-corrected chi connectivity index (χ1v) is 6.51. The van der Waals surface area contributed by atoms with Gasteiger partial charge in [0.1, 0.15) is 0 Å².